The molecule has 3 rings (SSSR count). The maximum absolute atomic E-state index is 5.93. The fourth-order valence-electron chi connectivity index (χ4n) is 2.89. The molecule has 0 spiro atoms. The van der Waals surface area contributed by atoms with Gasteiger partial charge in [-0.3, -0.25) is 4.68 Å². The Hall–Kier alpha value is -2.15. The molecule has 7 heteroatoms. The first-order valence-electron chi connectivity index (χ1n) is 7.72. The second-order valence-corrected chi connectivity index (χ2v) is 5.67. The molecule has 1 unspecified atom stereocenters. The number of nitrogens with one attached hydrogen (secondary N) is 1. The van der Waals surface area contributed by atoms with E-state index in [0.717, 1.165) is 48.8 Å². The van der Waals surface area contributed by atoms with E-state index in [1.807, 2.05) is 30.9 Å². The van der Waals surface area contributed by atoms with E-state index in [1.54, 1.807) is 0 Å². The summed E-state index contributed by atoms with van der Waals surface area (Å²) in [5, 5.41) is 7.79. The van der Waals surface area contributed by atoms with Crippen molar-refractivity contribution < 1.29 is 0 Å². The number of nitrogens with two attached hydrogens (primary N) is 1. The Morgan fingerprint density at radius 2 is 2.23 bits per heavy atom. The highest BCUT2D eigenvalue weighted by atomic mass is 15.3. The van der Waals surface area contributed by atoms with Crippen molar-refractivity contribution in [1.29, 1.82) is 0 Å². The Morgan fingerprint density at radius 3 is 2.86 bits per heavy atom. The minimum atomic E-state index is 0.309. The molecule has 0 saturated carbocycles. The van der Waals surface area contributed by atoms with Crippen LogP contribution in [0.4, 0.5) is 11.8 Å². The van der Waals surface area contributed by atoms with Gasteiger partial charge in [-0.25, -0.2) is 4.98 Å². The highest BCUT2D eigenvalue weighted by molar-refractivity contribution is 5.66. The molecule has 1 atom stereocenters. The molecule has 1 fully saturated rings. The maximum atomic E-state index is 5.93. The zero-order chi connectivity index (χ0) is 15.7. The van der Waals surface area contributed by atoms with Gasteiger partial charge in [0, 0.05) is 43.5 Å². The smallest absolute Gasteiger partial charge is 0.222 e. The predicted octanol–water partition coefficient (Wildman–Crippen LogP) is 1.05. The summed E-state index contributed by atoms with van der Waals surface area (Å²) < 4.78 is 1.91. The van der Waals surface area contributed by atoms with Crippen LogP contribution in [-0.4, -0.2) is 45.9 Å². The van der Waals surface area contributed by atoms with Crippen molar-refractivity contribution in [2.45, 2.75) is 32.9 Å². The van der Waals surface area contributed by atoms with Gasteiger partial charge in [0.1, 0.15) is 5.82 Å². The third-order valence-electron chi connectivity index (χ3n) is 4.20. The van der Waals surface area contributed by atoms with Crippen LogP contribution in [0.1, 0.15) is 19.0 Å². The molecule has 0 radical (unpaired) electrons. The average Bonchev–Trinajstić information content (AvgIpc) is 3.12. The molecule has 2 aromatic heterocycles. The van der Waals surface area contributed by atoms with Crippen molar-refractivity contribution in [3.8, 4) is 11.3 Å². The lowest BCUT2D eigenvalue weighted by Gasteiger charge is -2.18. The van der Waals surface area contributed by atoms with Crippen molar-refractivity contribution in [1.82, 2.24) is 25.1 Å². The number of rotatable bonds is 4. The number of aromatic nitrogens is 4. The molecule has 0 bridgehead atoms. The molecule has 118 valence electrons. The van der Waals surface area contributed by atoms with E-state index in [4.69, 9.17) is 5.73 Å². The third-order valence-corrected chi connectivity index (χ3v) is 4.20. The first kappa shape index (κ1) is 14.8. The summed E-state index contributed by atoms with van der Waals surface area (Å²) in [6.45, 7) is 6.82. The summed E-state index contributed by atoms with van der Waals surface area (Å²) in [6.07, 6.45) is 3.13. The molecule has 1 aliphatic heterocycles. The monoisotopic (exact) mass is 301 g/mol. The zero-order valence-corrected chi connectivity index (χ0v) is 13.4. The van der Waals surface area contributed by atoms with Crippen molar-refractivity contribution in [2.75, 3.05) is 30.8 Å². The van der Waals surface area contributed by atoms with Gasteiger partial charge in [-0.15, -0.1) is 0 Å². The molecular formula is C15H23N7. The normalized spacial score (nSPS) is 18.1. The number of nitrogens with zero attached hydrogens (tertiary/aromatic N) is 5. The molecule has 1 aliphatic rings. The fourth-order valence-corrected chi connectivity index (χ4v) is 2.89. The first-order valence-corrected chi connectivity index (χ1v) is 7.72. The number of hydrogen-bond donors (Lipinski definition) is 2. The van der Waals surface area contributed by atoms with Crippen molar-refractivity contribution >= 4 is 11.8 Å². The lowest BCUT2D eigenvalue weighted by Crippen LogP contribution is -2.30. The Bertz CT molecular complexity index is 664. The summed E-state index contributed by atoms with van der Waals surface area (Å²) in [5.74, 6) is 1.20. The number of likely N-dealkylation sites (N-methyl/N-ethyl adjacent to an activating group) is 1. The van der Waals surface area contributed by atoms with E-state index in [0.29, 0.717) is 12.0 Å². The maximum Gasteiger partial charge on any atom is 0.222 e. The van der Waals surface area contributed by atoms with Crippen molar-refractivity contribution in [2.24, 2.45) is 0 Å². The van der Waals surface area contributed by atoms with Crippen LogP contribution in [0.2, 0.25) is 0 Å². The first-order chi connectivity index (χ1) is 10.6. The Labute approximate surface area is 130 Å². The van der Waals surface area contributed by atoms with Crippen LogP contribution in [0.25, 0.3) is 11.3 Å². The van der Waals surface area contributed by atoms with Gasteiger partial charge in [0.25, 0.3) is 0 Å². The van der Waals surface area contributed by atoms with Crippen LogP contribution in [0.5, 0.6) is 0 Å². The molecule has 0 amide bonds. The fraction of sp³-hybridized carbons (Fsp3) is 0.533. The summed E-state index contributed by atoms with van der Waals surface area (Å²) in [6, 6.07) is 2.52. The van der Waals surface area contributed by atoms with Gasteiger partial charge in [0.15, 0.2) is 0 Å². The summed E-state index contributed by atoms with van der Waals surface area (Å²) >= 11 is 0. The standard InChI is InChI=1S/C15H23N7/c1-4-22-9-12(10(2)20-22)13-7-14(19-15(16)18-13)21-6-5-11(8-21)17-3/h7,9,11,17H,4-6,8H2,1-3H3,(H2,16,18,19). The summed E-state index contributed by atoms with van der Waals surface area (Å²) in [4.78, 5) is 11.1. The summed E-state index contributed by atoms with van der Waals surface area (Å²) in [5.41, 5.74) is 8.74. The Balaban J connectivity index is 1.94. The van der Waals surface area contributed by atoms with Gasteiger partial charge in [-0.2, -0.15) is 10.1 Å². The van der Waals surface area contributed by atoms with E-state index in [2.05, 4.69) is 32.2 Å². The van der Waals surface area contributed by atoms with Gasteiger partial charge in [-0.1, -0.05) is 0 Å². The average molecular weight is 301 g/mol. The van der Waals surface area contributed by atoms with Crippen LogP contribution in [0, 0.1) is 6.92 Å². The summed E-state index contributed by atoms with van der Waals surface area (Å²) in [7, 11) is 2.00. The topological polar surface area (TPSA) is 84.9 Å². The minimum absolute atomic E-state index is 0.309. The van der Waals surface area contributed by atoms with E-state index in [-0.39, 0.29) is 0 Å². The Kier molecular flexibility index (Phi) is 3.98. The van der Waals surface area contributed by atoms with Crippen LogP contribution < -0.4 is 16.0 Å². The molecule has 2 aromatic rings. The van der Waals surface area contributed by atoms with Crippen LogP contribution in [-0.2, 0) is 6.54 Å². The van der Waals surface area contributed by atoms with Gasteiger partial charge in [-0.05, 0) is 27.3 Å². The molecule has 3 N–H and O–H groups in total. The van der Waals surface area contributed by atoms with Crippen LogP contribution in [0.3, 0.4) is 0 Å². The second-order valence-electron chi connectivity index (χ2n) is 5.67. The number of hydrogen-bond acceptors (Lipinski definition) is 6. The lowest BCUT2D eigenvalue weighted by molar-refractivity contribution is 0.616. The Morgan fingerprint density at radius 1 is 1.41 bits per heavy atom. The molecular weight excluding hydrogens is 278 g/mol. The number of aryl methyl sites for hydroxylation is 2. The van der Waals surface area contributed by atoms with E-state index in [9.17, 15) is 0 Å². The van der Waals surface area contributed by atoms with Gasteiger partial charge >= 0.3 is 0 Å². The van der Waals surface area contributed by atoms with Crippen LogP contribution >= 0.6 is 0 Å². The van der Waals surface area contributed by atoms with E-state index in [1.165, 1.54) is 0 Å². The number of nitrogen functional groups attached to an aromatic ring is 1. The quantitative estimate of drug-likeness (QED) is 0.878. The van der Waals surface area contributed by atoms with Crippen molar-refractivity contribution in [3.05, 3.63) is 18.0 Å². The highest BCUT2D eigenvalue weighted by Gasteiger charge is 2.23. The highest BCUT2D eigenvalue weighted by Crippen LogP contribution is 2.26. The molecule has 3 heterocycles. The third kappa shape index (κ3) is 2.76. The van der Waals surface area contributed by atoms with Gasteiger partial charge < -0.3 is 16.0 Å². The minimum Gasteiger partial charge on any atom is -0.368 e. The number of anilines is 2. The lowest BCUT2D eigenvalue weighted by atomic mass is 10.2. The van der Waals surface area contributed by atoms with Gasteiger partial charge in [0.05, 0.1) is 11.4 Å². The molecule has 1 saturated heterocycles. The second kappa shape index (κ2) is 5.92. The van der Waals surface area contributed by atoms with Crippen molar-refractivity contribution in [3.63, 3.8) is 0 Å². The molecule has 0 aliphatic carbocycles. The van der Waals surface area contributed by atoms with Gasteiger partial charge in [0.2, 0.25) is 5.95 Å². The SMILES string of the molecule is CCn1cc(-c2cc(N3CCC(NC)C3)nc(N)n2)c(C)n1. The van der Waals surface area contributed by atoms with E-state index >= 15 is 0 Å². The molecule has 7 nitrogen and oxygen atoms in total. The van der Waals surface area contributed by atoms with E-state index < -0.39 is 0 Å². The molecule has 22 heavy (non-hydrogen) atoms. The zero-order valence-electron chi connectivity index (χ0n) is 13.4. The largest absolute Gasteiger partial charge is 0.368 e. The van der Waals surface area contributed by atoms with Crippen LogP contribution in [0.15, 0.2) is 12.3 Å². The predicted molar refractivity (Wildman–Crippen MR) is 87.8 cm³/mol. The molecule has 0 aromatic carbocycles.